The summed E-state index contributed by atoms with van der Waals surface area (Å²) in [5.41, 5.74) is 6.00. The van der Waals surface area contributed by atoms with Crippen LogP contribution in [0, 0.1) is 0 Å². The third-order valence-electron chi connectivity index (χ3n) is 3.67. The van der Waals surface area contributed by atoms with Crippen LogP contribution in [0.15, 0.2) is 24.3 Å². The van der Waals surface area contributed by atoms with Crippen molar-refractivity contribution in [1.82, 2.24) is 0 Å². The van der Waals surface area contributed by atoms with E-state index in [9.17, 15) is 25.5 Å². The SMILES string of the molecule is Nc1c(O)cc([C@H]2Oc3cc(O)cc(O)c3C[C@H]2O)cc1O. The molecule has 0 radical (unpaired) electrons. The topological polar surface area (TPSA) is 136 Å². The van der Waals surface area contributed by atoms with Crippen molar-refractivity contribution in [2.24, 2.45) is 0 Å². The van der Waals surface area contributed by atoms with Crippen LogP contribution in [-0.4, -0.2) is 31.6 Å². The maximum Gasteiger partial charge on any atom is 0.150 e. The molecule has 22 heavy (non-hydrogen) atoms. The molecule has 116 valence electrons. The fraction of sp³-hybridized carbons (Fsp3) is 0.200. The largest absolute Gasteiger partial charge is 0.508 e. The van der Waals surface area contributed by atoms with Gasteiger partial charge in [0.05, 0.1) is 6.10 Å². The highest BCUT2D eigenvalue weighted by molar-refractivity contribution is 5.63. The van der Waals surface area contributed by atoms with E-state index >= 15 is 0 Å². The molecule has 2 atom stereocenters. The number of anilines is 1. The predicted molar refractivity (Wildman–Crippen MR) is 77.0 cm³/mol. The third kappa shape index (κ3) is 2.21. The van der Waals surface area contributed by atoms with E-state index in [4.69, 9.17) is 10.5 Å². The van der Waals surface area contributed by atoms with Gasteiger partial charge in [-0.05, 0) is 12.1 Å². The molecule has 7 heteroatoms. The number of phenolic OH excluding ortho intramolecular Hbond substituents is 4. The molecule has 0 unspecified atom stereocenters. The van der Waals surface area contributed by atoms with Gasteiger partial charge in [0.1, 0.15) is 34.4 Å². The third-order valence-corrected chi connectivity index (χ3v) is 3.67. The van der Waals surface area contributed by atoms with E-state index in [-0.39, 0.29) is 40.9 Å². The number of benzene rings is 2. The van der Waals surface area contributed by atoms with E-state index in [0.717, 1.165) is 6.07 Å². The molecule has 1 heterocycles. The molecule has 7 N–H and O–H groups in total. The minimum Gasteiger partial charge on any atom is -0.508 e. The van der Waals surface area contributed by atoms with Gasteiger partial charge in [-0.1, -0.05) is 0 Å². The van der Waals surface area contributed by atoms with Gasteiger partial charge in [0.15, 0.2) is 6.10 Å². The summed E-state index contributed by atoms with van der Waals surface area (Å²) in [6, 6.07) is 5.06. The number of aliphatic hydroxyl groups excluding tert-OH is 1. The van der Waals surface area contributed by atoms with Crippen LogP contribution in [0.4, 0.5) is 5.69 Å². The highest BCUT2D eigenvalue weighted by Gasteiger charge is 2.32. The van der Waals surface area contributed by atoms with E-state index < -0.39 is 12.2 Å². The molecule has 0 aliphatic carbocycles. The van der Waals surface area contributed by atoms with Gasteiger partial charge in [-0.2, -0.15) is 0 Å². The van der Waals surface area contributed by atoms with E-state index in [1.54, 1.807) is 0 Å². The number of aliphatic hydroxyl groups is 1. The van der Waals surface area contributed by atoms with Crippen LogP contribution >= 0.6 is 0 Å². The zero-order valence-electron chi connectivity index (χ0n) is 11.4. The molecule has 0 amide bonds. The summed E-state index contributed by atoms with van der Waals surface area (Å²) in [6.07, 6.45) is -1.80. The Morgan fingerprint density at radius 1 is 0.955 bits per heavy atom. The standard InChI is InChI=1S/C15H15NO6/c16-14-10(19)1-6(2-11(14)20)15-12(21)5-8-9(18)3-7(17)4-13(8)22-15/h1-4,12,15,17-21H,5,16H2/t12-,15-/m1/s1. The van der Waals surface area contributed by atoms with Crippen LogP contribution in [-0.2, 0) is 6.42 Å². The zero-order chi connectivity index (χ0) is 16.0. The first-order chi connectivity index (χ1) is 10.4. The lowest BCUT2D eigenvalue weighted by atomic mass is 9.93. The summed E-state index contributed by atoms with van der Waals surface area (Å²) in [4.78, 5) is 0. The van der Waals surface area contributed by atoms with Crippen molar-refractivity contribution < 1.29 is 30.3 Å². The smallest absolute Gasteiger partial charge is 0.150 e. The second-order valence-corrected chi connectivity index (χ2v) is 5.22. The van der Waals surface area contributed by atoms with Crippen LogP contribution in [0.1, 0.15) is 17.2 Å². The quantitative estimate of drug-likeness (QED) is 0.343. The average Bonchev–Trinajstić information content (AvgIpc) is 2.44. The van der Waals surface area contributed by atoms with E-state index in [0.29, 0.717) is 11.1 Å². The maximum atomic E-state index is 10.2. The van der Waals surface area contributed by atoms with E-state index in [1.165, 1.54) is 18.2 Å². The molecular formula is C15H15NO6. The molecule has 2 aromatic rings. The van der Waals surface area contributed by atoms with Crippen LogP contribution in [0.2, 0.25) is 0 Å². The summed E-state index contributed by atoms with van der Waals surface area (Å²) in [7, 11) is 0. The van der Waals surface area contributed by atoms with Gasteiger partial charge in [-0.25, -0.2) is 0 Å². The minimum atomic E-state index is -1.01. The normalized spacial score (nSPS) is 20.2. The van der Waals surface area contributed by atoms with Crippen LogP contribution in [0.5, 0.6) is 28.7 Å². The average molecular weight is 305 g/mol. The fourth-order valence-corrected chi connectivity index (χ4v) is 2.56. The molecule has 0 aromatic heterocycles. The lowest BCUT2D eigenvalue weighted by Gasteiger charge is -2.31. The van der Waals surface area contributed by atoms with Gasteiger partial charge >= 0.3 is 0 Å². The summed E-state index contributed by atoms with van der Waals surface area (Å²) in [5, 5.41) is 48.9. The maximum absolute atomic E-state index is 10.2. The molecule has 1 aliphatic rings. The minimum absolute atomic E-state index is 0.0953. The van der Waals surface area contributed by atoms with Gasteiger partial charge in [0.2, 0.25) is 0 Å². The molecule has 2 aromatic carbocycles. The summed E-state index contributed by atoms with van der Waals surface area (Å²) in [6.45, 7) is 0. The summed E-state index contributed by atoms with van der Waals surface area (Å²) >= 11 is 0. The van der Waals surface area contributed by atoms with Crippen molar-refractivity contribution in [1.29, 1.82) is 0 Å². The Bertz CT molecular complexity index is 722. The Morgan fingerprint density at radius 2 is 1.59 bits per heavy atom. The van der Waals surface area contributed by atoms with Crippen molar-refractivity contribution in [3.63, 3.8) is 0 Å². The number of fused-ring (bicyclic) bond motifs is 1. The first kappa shape index (κ1) is 14.2. The first-order valence-corrected chi connectivity index (χ1v) is 6.57. The molecule has 0 saturated heterocycles. The van der Waals surface area contributed by atoms with Gasteiger partial charge in [-0.3, -0.25) is 0 Å². The highest BCUT2D eigenvalue weighted by atomic mass is 16.5. The van der Waals surface area contributed by atoms with Gasteiger partial charge in [0.25, 0.3) is 0 Å². The van der Waals surface area contributed by atoms with Crippen LogP contribution in [0.3, 0.4) is 0 Å². The van der Waals surface area contributed by atoms with Gasteiger partial charge in [-0.15, -0.1) is 0 Å². The second kappa shape index (κ2) is 4.88. The van der Waals surface area contributed by atoms with Crippen LogP contribution in [0.25, 0.3) is 0 Å². The molecule has 1 aliphatic heterocycles. The Labute approximate surface area is 125 Å². The zero-order valence-corrected chi connectivity index (χ0v) is 11.4. The number of hydrogen-bond donors (Lipinski definition) is 6. The molecule has 0 bridgehead atoms. The lowest BCUT2D eigenvalue weighted by molar-refractivity contribution is 0.0196. The van der Waals surface area contributed by atoms with Crippen molar-refractivity contribution in [2.75, 3.05) is 5.73 Å². The van der Waals surface area contributed by atoms with Crippen molar-refractivity contribution in [3.8, 4) is 28.7 Å². The number of phenols is 4. The fourth-order valence-electron chi connectivity index (χ4n) is 2.56. The second-order valence-electron chi connectivity index (χ2n) is 5.22. The number of aromatic hydroxyl groups is 4. The highest BCUT2D eigenvalue weighted by Crippen LogP contribution is 2.43. The summed E-state index contributed by atoms with van der Waals surface area (Å²) in [5.74, 6) is -0.765. The Hall–Kier alpha value is -2.80. The molecular weight excluding hydrogens is 290 g/mol. The van der Waals surface area contributed by atoms with E-state index in [2.05, 4.69) is 0 Å². The Balaban J connectivity index is 2.03. The molecule has 0 saturated carbocycles. The number of hydrogen-bond acceptors (Lipinski definition) is 7. The number of rotatable bonds is 1. The number of nitrogens with two attached hydrogens (primary N) is 1. The molecule has 0 fully saturated rings. The Kier molecular flexibility index (Phi) is 3.14. The monoisotopic (exact) mass is 305 g/mol. The number of nitrogen functional groups attached to an aromatic ring is 1. The van der Waals surface area contributed by atoms with Crippen molar-refractivity contribution in [3.05, 3.63) is 35.4 Å². The molecule has 7 nitrogen and oxygen atoms in total. The predicted octanol–water partition coefficient (Wildman–Crippen LogP) is 1.13. The van der Waals surface area contributed by atoms with Crippen molar-refractivity contribution >= 4 is 5.69 Å². The summed E-state index contributed by atoms with van der Waals surface area (Å²) < 4.78 is 5.61. The Morgan fingerprint density at radius 3 is 2.23 bits per heavy atom. The molecule has 0 spiro atoms. The number of ether oxygens (including phenoxy) is 1. The van der Waals surface area contributed by atoms with E-state index in [1.807, 2.05) is 0 Å². The molecule has 3 rings (SSSR count). The van der Waals surface area contributed by atoms with Gasteiger partial charge in [0, 0.05) is 29.7 Å². The lowest BCUT2D eigenvalue weighted by Crippen LogP contribution is -2.30. The van der Waals surface area contributed by atoms with Crippen molar-refractivity contribution in [2.45, 2.75) is 18.6 Å². The van der Waals surface area contributed by atoms with Crippen LogP contribution < -0.4 is 10.5 Å². The van der Waals surface area contributed by atoms with Gasteiger partial charge < -0.3 is 36.0 Å². The first-order valence-electron chi connectivity index (χ1n) is 6.57.